The second kappa shape index (κ2) is 2.88. The van der Waals surface area contributed by atoms with Crippen LogP contribution < -0.4 is 5.32 Å². The average molecular weight is 110 g/mol. The third kappa shape index (κ3) is 1.34. The lowest BCUT2D eigenvalue weighted by atomic mass is 10.1. The number of hydrogen-bond donors (Lipinski definition) is 0. The van der Waals surface area contributed by atoms with Crippen LogP contribution in [0.2, 0.25) is 0 Å². The van der Waals surface area contributed by atoms with Gasteiger partial charge in [0.1, 0.15) is 0 Å². The van der Waals surface area contributed by atoms with Gasteiger partial charge in [-0.15, -0.1) is 0 Å². The Morgan fingerprint density at radius 2 is 2.00 bits per heavy atom. The highest BCUT2D eigenvalue weighted by molar-refractivity contribution is 5.03. The van der Waals surface area contributed by atoms with Crippen LogP contribution in [0, 0.1) is 0 Å². The van der Waals surface area contributed by atoms with Crippen LogP contribution in [-0.4, -0.2) is 13.1 Å². The van der Waals surface area contributed by atoms with Gasteiger partial charge in [0, 0.05) is 13.1 Å². The number of allylic oxidation sites excluding steroid dienone is 1. The normalized spacial score (nSPS) is 20.9. The monoisotopic (exact) mass is 110 g/mol. The molecule has 0 bridgehead atoms. The third-order valence-corrected chi connectivity index (χ3v) is 1.59. The molecule has 1 fully saturated rings. The summed E-state index contributed by atoms with van der Waals surface area (Å²) in [5.41, 5.74) is 1.58. The second-order valence-electron chi connectivity index (χ2n) is 2.12. The molecule has 45 valence electrons. The van der Waals surface area contributed by atoms with Gasteiger partial charge < -0.3 is 0 Å². The summed E-state index contributed by atoms with van der Waals surface area (Å²) in [5.74, 6) is 0. The van der Waals surface area contributed by atoms with Crippen molar-refractivity contribution in [1.29, 1.82) is 0 Å². The molecule has 0 aromatic heterocycles. The summed E-state index contributed by atoms with van der Waals surface area (Å²) in [4.78, 5) is 0. The molecule has 1 saturated heterocycles. The van der Waals surface area contributed by atoms with E-state index < -0.39 is 0 Å². The molecule has 0 saturated carbocycles. The van der Waals surface area contributed by atoms with E-state index in [1.807, 2.05) is 0 Å². The highest BCUT2D eigenvalue weighted by Crippen LogP contribution is 2.09. The topological polar surface area (TPSA) is 14.1 Å². The first-order valence-electron chi connectivity index (χ1n) is 3.21. The fourth-order valence-corrected chi connectivity index (χ4v) is 0.971. The van der Waals surface area contributed by atoms with E-state index in [4.69, 9.17) is 0 Å². The Morgan fingerprint density at radius 3 is 2.38 bits per heavy atom. The highest BCUT2D eigenvalue weighted by atomic mass is 14.9. The Hall–Kier alpha value is -0.300. The quantitative estimate of drug-likeness (QED) is 0.418. The van der Waals surface area contributed by atoms with Crippen molar-refractivity contribution in [3.8, 4) is 0 Å². The molecule has 0 spiro atoms. The molecule has 1 nitrogen and oxygen atoms in total. The van der Waals surface area contributed by atoms with Crippen LogP contribution in [0.3, 0.4) is 0 Å². The standard InChI is InChI=1S/C7H12N/c1-2-7-3-5-8-6-4-7/h2H,3-6H2,1H3. The van der Waals surface area contributed by atoms with Gasteiger partial charge in [-0.25, -0.2) is 5.32 Å². The lowest BCUT2D eigenvalue weighted by Gasteiger charge is -2.12. The Bertz CT molecular complexity index is 86.6. The van der Waals surface area contributed by atoms with Gasteiger partial charge in [0.2, 0.25) is 0 Å². The van der Waals surface area contributed by atoms with Gasteiger partial charge in [0.15, 0.2) is 0 Å². The average Bonchev–Trinajstić information content (AvgIpc) is 1.90. The Kier molecular flexibility index (Phi) is 2.10. The molecule has 0 N–H and O–H groups in total. The summed E-state index contributed by atoms with van der Waals surface area (Å²) in [6, 6.07) is 0. The molecule has 1 rings (SSSR count). The van der Waals surface area contributed by atoms with Crippen LogP contribution in [0.25, 0.3) is 0 Å². The van der Waals surface area contributed by atoms with Gasteiger partial charge in [-0.3, -0.25) is 0 Å². The molecular weight excluding hydrogens is 98.1 g/mol. The van der Waals surface area contributed by atoms with E-state index in [0.717, 1.165) is 13.1 Å². The van der Waals surface area contributed by atoms with Crippen molar-refractivity contribution in [2.45, 2.75) is 19.8 Å². The predicted octanol–water partition coefficient (Wildman–Crippen LogP) is 1.33. The van der Waals surface area contributed by atoms with Crippen molar-refractivity contribution in [2.75, 3.05) is 13.1 Å². The van der Waals surface area contributed by atoms with Crippen molar-refractivity contribution >= 4 is 0 Å². The maximum absolute atomic E-state index is 4.23. The van der Waals surface area contributed by atoms with Crippen LogP contribution in [0.5, 0.6) is 0 Å². The summed E-state index contributed by atoms with van der Waals surface area (Å²) in [7, 11) is 0. The summed E-state index contributed by atoms with van der Waals surface area (Å²) < 4.78 is 0. The van der Waals surface area contributed by atoms with E-state index >= 15 is 0 Å². The maximum Gasteiger partial charge on any atom is 0.0170 e. The fourth-order valence-electron chi connectivity index (χ4n) is 0.971. The lowest BCUT2D eigenvalue weighted by Crippen LogP contribution is -2.15. The van der Waals surface area contributed by atoms with Crippen LogP contribution in [-0.2, 0) is 0 Å². The fraction of sp³-hybridized carbons (Fsp3) is 0.714. The van der Waals surface area contributed by atoms with E-state index in [2.05, 4.69) is 18.3 Å². The third-order valence-electron chi connectivity index (χ3n) is 1.59. The molecule has 8 heavy (non-hydrogen) atoms. The van der Waals surface area contributed by atoms with Gasteiger partial charge in [-0.05, 0) is 19.8 Å². The number of nitrogens with zero attached hydrogens (tertiary/aromatic N) is 1. The molecule has 0 aromatic rings. The molecule has 1 radical (unpaired) electrons. The predicted molar refractivity (Wildman–Crippen MR) is 34.9 cm³/mol. The zero-order valence-electron chi connectivity index (χ0n) is 5.35. The van der Waals surface area contributed by atoms with Crippen molar-refractivity contribution in [3.05, 3.63) is 11.6 Å². The SMILES string of the molecule is CC=C1CC[N]CC1. The molecule has 0 aromatic carbocycles. The van der Waals surface area contributed by atoms with Gasteiger partial charge >= 0.3 is 0 Å². The van der Waals surface area contributed by atoms with Crippen molar-refractivity contribution in [2.24, 2.45) is 0 Å². The van der Waals surface area contributed by atoms with Crippen molar-refractivity contribution in [1.82, 2.24) is 5.32 Å². The second-order valence-corrected chi connectivity index (χ2v) is 2.12. The lowest BCUT2D eigenvalue weighted by molar-refractivity contribution is 0.597. The molecule has 0 atom stereocenters. The Balaban J connectivity index is 2.33. The Morgan fingerprint density at radius 1 is 1.38 bits per heavy atom. The molecule has 1 heterocycles. The molecule has 0 aliphatic carbocycles. The minimum atomic E-state index is 1.06. The first-order chi connectivity index (χ1) is 3.93. The van der Waals surface area contributed by atoms with E-state index in [1.165, 1.54) is 12.8 Å². The molecular formula is C7H12N. The minimum absolute atomic E-state index is 1.06. The minimum Gasteiger partial charge on any atom is -0.241 e. The summed E-state index contributed by atoms with van der Waals surface area (Å²) in [5, 5.41) is 4.23. The van der Waals surface area contributed by atoms with Gasteiger partial charge in [0.05, 0.1) is 0 Å². The first-order valence-corrected chi connectivity index (χ1v) is 3.21. The smallest absolute Gasteiger partial charge is 0.0170 e. The van der Waals surface area contributed by atoms with Crippen LogP contribution in [0.4, 0.5) is 0 Å². The molecule has 1 aliphatic heterocycles. The summed E-state index contributed by atoms with van der Waals surface area (Å²) in [6.07, 6.45) is 4.63. The summed E-state index contributed by atoms with van der Waals surface area (Å²) in [6.45, 7) is 4.22. The van der Waals surface area contributed by atoms with Gasteiger partial charge in [-0.2, -0.15) is 0 Å². The largest absolute Gasteiger partial charge is 0.241 e. The van der Waals surface area contributed by atoms with Crippen molar-refractivity contribution in [3.63, 3.8) is 0 Å². The number of rotatable bonds is 0. The molecule has 1 aliphatic rings. The Labute approximate surface area is 50.8 Å². The summed E-state index contributed by atoms with van der Waals surface area (Å²) >= 11 is 0. The highest BCUT2D eigenvalue weighted by Gasteiger charge is 2.02. The van der Waals surface area contributed by atoms with E-state index in [-0.39, 0.29) is 0 Å². The van der Waals surface area contributed by atoms with Gasteiger partial charge in [-0.1, -0.05) is 11.6 Å². The van der Waals surface area contributed by atoms with E-state index in [1.54, 1.807) is 5.57 Å². The van der Waals surface area contributed by atoms with Crippen LogP contribution in [0.1, 0.15) is 19.8 Å². The molecule has 0 unspecified atom stereocenters. The first kappa shape index (κ1) is 5.83. The van der Waals surface area contributed by atoms with E-state index in [9.17, 15) is 0 Å². The van der Waals surface area contributed by atoms with Crippen molar-refractivity contribution < 1.29 is 0 Å². The number of piperidine rings is 1. The van der Waals surface area contributed by atoms with E-state index in [0.29, 0.717) is 0 Å². The molecule has 0 amide bonds. The van der Waals surface area contributed by atoms with Crippen LogP contribution in [0.15, 0.2) is 11.6 Å². The maximum atomic E-state index is 4.23. The van der Waals surface area contributed by atoms with Crippen LogP contribution >= 0.6 is 0 Å². The zero-order chi connectivity index (χ0) is 5.82. The van der Waals surface area contributed by atoms with Gasteiger partial charge in [0.25, 0.3) is 0 Å². The zero-order valence-corrected chi connectivity index (χ0v) is 5.35. The molecule has 1 heteroatoms. The number of hydrogen-bond acceptors (Lipinski definition) is 0.